The van der Waals surface area contributed by atoms with Gasteiger partial charge in [0.1, 0.15) is 0 Å². The van der Waals surface area contributed by atoms with Crippen LogP contribution in [0.3, 0.4) is 0 Å². The van der Waals surface area contributed by atoms with Crippen molar-refractivity contribution in [2.45, 2.75) is 65.0 Å². The van der Waals surface area contributed by atoms with E-state index in [9.17, 15) is 9.59 Å². The molecule has 150 valence electrons. The lowest BCUT2D eigenvalue weighted by Crippen LogP contribution is -2.47. The number of carbonyl (C=O) groups is 2. The summed E-state index contributed by atoms with van der Waals surface area (Å²) in [5.41, 5.74) is 2.72. The van der Waals surface area contributed by atoms with Crippen molar-refractivity contribution in [3.63, 3.8) is 0 Å². The fraction of sp³-hybridized carbons (Fsp3) is 0.636. The van der Waals surface area contributed by atoms with Crippen molar-refractivity contribution >= 4 is 11.9 Å². The van der Waals surface area contributed by atoms with Gasteiger partial charge in [-0.25, -0.2) is 0 Å². The molecule has 5 nitrogen and oxygen atoms in total. The van der Waals surface area contributed by atoms with Gasteiger partial charge in [0, 0.05) is 32.0 Å². The summed E-state index contributed by atoms with van der Waals surface area (Å²) in [6.07, 6.45) is 4.45. The van der Waals surface area contributed by atoms with Crippen molar-refractivity contribution in [2.75, 3.05) is 20.2 Å². The molecule has 1 heterocycles. The van der Waals surface area contributed by atoms with Crippen LogP contribution < -0.4 is 5.32 Å². The normalized spacial score (nSPS) is 17.7. The maximum absolute atomic E-state index is 12.1. The number of carbonyl (C=O) groups excluding carboxylic acids is 2. The maximum atomic E-state index is 12.1. The molecular formula is C22H34N2O3. The first kappa shape index (κ1) is 21.4. The molecule has 2 rings (SSSR count). The van der Waals surface area contributed by atoms with Crippen molar-refractivity contribution in [2.24, 2.45) is 5.92 Å². The Morgan fingerprint density at radius 3 is 2.56 bits per heavy atom. The number of esters is 1. The lowest BCUT2D eigenvalue weighted by atomic mass is 10.0. The van der Waals surface area contributed by atoms with Crippen LogP contribution >= 0.6 is 0 Å². The van der Waals surface area contributed by atoms with E-state index in [4.69, 9.17) is 0 Å². The van der Waals surface area contributed by atoms with Gasteiger partial charge in [-0.15, -0.1) is 0 Å². The van der Waals surface area contributed by atoms with Gasteiger partial charge in [-0.05, 0) is 49.3 Å². The smallest absolute Gasteiger partial charge is 0.305 e. The van der Waals surface area contributed by atoms with Crippen LogP contribution in [0.5, 0.6) is 0 Å². The summed E-state index contributed by atoms with van der Waals surface area (Å²) in [4.78, 5) is 25.6. The van der Waals surface area contributed by atoms with Crippen LogP contribution in [0.4, 0.5) is 0 Å². The molecule has 1 amide bonds. The molecular weight excluding hydrogens is 340 g/mol. The minimum Gasteiger partial charge on any atom is -0.469 e. The standard InChI is InChI=1S/C22H34N2O3/c1-17(2)14-18-9-11-19(12-10-18)15-24-13-5-6-20(16-24)23-21(25)7-4-8-22(26)27-3/h9-12,17,20H,4-8,13-16H2,1-3H3,(H,23,25)/t20-/m0/s1. The van der Waals surface area contributed by atoms with E-state index in [2.05, 4.69) is 53.1 Å². The van der Waals surface area contributed by atoms with E-state index in [0.29, 0.717) is 25.2 Å². The molecule has 1 aliphatic heterocycles. The van der Waals surface area contributed by atoms with Crippen LogP contribution in [0.15, 0.2) is 24.3 Å². The number of rotatable bonds is 9. The van der Waals surface area contributed by atoms with Crippen molar-refractivity contribution in [1.82, 2.24) is 10.2 Å². The Labute approximate surface area is 163 Å². The molecule has 5 heteroatoms. The molecule has 0 saturated carbocycles. The van der Waals surface area contributed by atoms with Crippen LogP contribution in [0.1, 0.15) is 57.1 Å². The Kier molecular flexibility index (Phi) is 8.79. The van der Waals surface area contributed by atoms with Gasteiger partial charge in [0.05, 0.1) is 7.11 Å². The molecule has 1 atom stereocenters. The molecule has 1 aromatic rings. The van der Waals surface area contributed by atoms with Gasteiger partial charge >= 0.3 is 5.97 Å². The van der Waals surface area contributed by atoms with Gasteiger partial charge in [0.25, 0.3) is 0 Å². The molecule has 0 unspecified atom stereocenters. The molecule has 1 saturated heterocycles. The molecule has 0 aliphatic carbocycles. The highest BCUT2D eigenvalue weighted by Crippen LogP contribution is 2.16. The first-order valence-electron chi connectivity index (χ1n) is 10.1. The Morgan fingerprint density at radius 1 is 1.19 bits per heavy atom. The molecule has 1 N–H and O–H groups in total. The number of hydrogen-bond donors (Lipinski definition) is 1. The van der Waals surface area contributed by atoms with E-state index in [1.165, 1.54) is 18.2 Å². The summed E-state index contributed by atoms with van der Waals surface area (Å²) >= 11 is 0. The Balaban J connectivity index is 1.75. The predicted molar refractivity (Wildman–Crippen MR) is 107 cm³/mol. The average molecular weight is 375 g/mol. The third-order valence-corrected chi connectivity index (χ3v) is 4.96. The zero-order valence-corrected chi connectivity index (χ0v) is 17.0. The quantitative estimate of drug-likeness (QED) is 0.674. The molecule has 0 bridgehead atoms. The first-order chi connectivity index (χ1) is 13.0. The van der Waals surface area contributed by atoms with E-state index in [0.717, 1.165) is 38.9 Å². The van der Waals surface area contributed by atoms with Crippen LogP contribution in [-0.4, -0.2) is 43.0 Å². The summed E-state index contributed by atoms with van der Waals surface area (Å²) in [7, 11) is 1.37. The first-order valence-corrected chi connectivity index (χ1v) is 10.1. The number of nitrogens with zero attached hydrogens (tertiary/aromatic N) is 1. The largest absolute Gasteiger partial charge is 0.469 e. The second-order valence-electron chi connectivity index (χ2n) is 7.99. The third kappa shape index (κ3) is 8.12. The van der Waals surface area contributed by atoms with E-state index in [-0.39, 0.29) is 17.9 Å². The zero-order chi connectivity index (χ0) is 19.6. The average Bonchev–Trinajstić information content (AvgIpc) is 2.63. The summed E-state index contributed by atoms with van der Waals surface area (Å²) in [5, 5.41) is 3.12. The molecule has 0 radical (unpaired) electrons. The lowest BCUT2D eigenvalue weighted by Gasteiger charge is -2.33. The van der Waals surface area contributed by atoms with Crippen LogP contribution in [0.25, 0.3) is 0 Å². The maximum Gasteiger partial charge on any atom is 0.305 e. The number of amides is 1. The number of ether oxygens (including phenoxy) is 1. The highest BCUT2D eigenvalue weighted by atomic mass is 16.5. The predicted octanol–water partition coefficient (Wildman–Crippen LogP) is 3.31. The van der Waals surface area contributed by atoms with Gasteiger partial charge in [-0.3, -0.25) is 14.5 Å². The molecule has 1 fully saturated rings. The summed E-state index contributed by atoms with van der Waals surface area (Å²) < 4.78 is 4.60. The van der Waals surface area contributed by atoms with Crippen molar-refractivity contribution in [3.8, 4) is 0 Å². The van der Waals surface area contributed by atoms with Gasteiger partial charge in [0.2, 0.25) is 5.91 Å². The summed E-state index contributed by atoms with van der Waals surface area (Å²) in [5.74, 6) is 0.449. The number of piperidine rings is 1. The molecule has 0 spiro atoms. The van der Waals surface area contributed by atoms with Gasteiger partial charge in [-0.1, -0.05) is 38.1 Å². The fourth-order valence-electron chi connectivity index (χ4n) is 3.62. The number of hydrogen-bond acceptors (Lipinski definition) is 4. The van der Waals surface area contributed by atoms with E-state index >= 15 is 0 Å². The van der Waals surface area contributed by atoms with Crippen molar-refractivity contribution < 1.29 is 14.3 Å². The molecule has 1 aliphatic rings. The van der Waals surface area contributed by atoms with Crippen molar-refractivity contribution in [3.05, 3.63) is 35.4 Å². The van der Waals surface area contributed by atoms with Gasteiger partial charge < -0.3 is 10.1 Å². The fourth-order valence-corrected chi connectivity index (χ4v) is 3.62. The zero-order valence-electron chi connectivity index (χ0n) is 17.0. The monoisotopic (exact) mass is 374 g/mol. The van der Waals surface area contributed by atoms with E-state index < -0.39 is 0 Å². The number of methoxy groups -OCH3 is 1. The van der Waals surface area contributed by atoms with Crippen LogP contribution in [0, 0.1) is 5.92 Å². The summed E-state index contributed by atoms with van der Waals surface area (Å²) in [6, 6.07) is 9.13. The van der Waals surface area contributed by atoms with E-state index in [1.54, 1.807) is 0 Å². The second-order valence-corrected chi connectivity index (χ2v) is 7.99. The highest BCUT2D eigenvalue weighted by molar-refractivity contribution is 5.77. The van der Waals surface area contributed by atoms with Gasteiger partial charge in [-0.2, -0.15) is 0 Å². The molecule has 1 aromatic carbocycles. The lowest BCUT2D eigenvalue weighted by molar-refractivity contribution is -0.140. The minimum absolute atomic E-state index is 0.0313. The Bertz CT molecular complexity index is 598. The summed E-state index contributed by atoms with van der Waals surface area (Å²) in [6.45, 7) is 7.37. The highest BCUT2D eigenvalue weighted by Gasteiger charge is 2.21. The SMILES string of the molecule is COC(=O)CCCC(=O)N[C@H]1CCCN(Cc2ccc(CC(C)C)cc2)C1. The topological polar surface area (TPSA) is 58.6 Å². The van der Waals surface area contributed by atoms with E-state index in [1.807, 2.05) is 0 Å². The van der Waals surface area contributed by atoms with Crippen LogP contribution in [-0.2, 0) is 27.3 Å². The number of benzene rings is 1. The Hall–Kier alpha value is -1.88. The number of likely N-dealkylation sites (tertiary alicyclic amines) is 1. The second kappa shape index (κ2) is 11.1. The molecule has 27 heavy (non-hydrogen) atoms. The van der Waals surface area contributed by atoms with Crippen molar-refractivity contribution in [1.29, 1.82) is 0 Å². The minimum atomic E-state index is -0.258. The van der Waals surface area contributed by atoms with Gasteiger partial charge in [0.15, 0.2) is 0 Å². The Morgan fingerprint density at radius 2 is 1.89 bits per heavy atom. The van der Waals surface area contributed by atoms with Crippen LogP contribution in [0.2, 0.25) is 0 Å². The third-order valence-electron chi connectivity index (χ3n) is 4.96. The molecule has 0 aromatic heterocycles. The number of nitrogens with one attached hydrogen (secondary N) is 1.